The average Bonchev–Trinajstić information content (AvgIpc) is 2.99. The third-order valence-electron chi connectivity index (χ3n) is 4.27. The van der Waals surface area contributed by atoms with Gasteiger partial charge < -0.3 is 15.6 Å². The lowest BCUT2D eigenvalue weighted by molar-refractivity contribution is 0.0942. The van der Waals surface area contributed by atoms with Gasteiger partial charge in [0.15, 0.2) is 0 Å². The summed E-state index contributed by atoms with van der Waals surface area (Å²) >= 11 is 0. The van der Waals surface area contributed by atoms with Crippen molar-refractivity contribution in [3.05, 3.63) is 23.9 Å². The molecule has 0 unspecified atom stereocenters. The molecular weight excluding hydrogens is 294 g/mol. The Kier molecular flexibility index (Phi) is 2.72. The molecule has 23 heavy (non-hydrogen) atoms. The van der Waals surface area contributed by atoms with E-state index in [1.807, 2.05) is 0 Å². The van der Waals surface area contributed by atoms with Crippen LogP contribution < -0.4 is 11.1 Å². The second kappa shape index (κ2) is 4.55. The van der Waals surface area contributed by atoms with Crippen LogP contribution in [0.1, 0.15) is 36.1 Å². The lowest BCUT2D eigenvalue weighted by Gasteiger charge is -2.14. The molecule has 8 nitrogen and oxygen atoms in total. The Morgan fingerprint density at radius 2 is 2.13 bits per heavy atom. The summed E-state index contributed by atoms with van der Waals surface area (Å²) in [4.78, 5) is 21.0. The second-order valence-corrected chi connectivity index (χ2v) is 5.96. The minimum absolute atomic E-state index is 0.143. The maximum absolute atomic E-state index is 12.4. The maximum atomic E-state index is 12.4. The van der Waals surface area contributed by atoms with E-state index in [0.717, 1.165) is 27.9 Å². The molecule has 0 atom stereocenters. The van der Waals surface area contributed by atoms with E-state index in [0.29, 0.717) is 18.1 Å². The largest absolute Gasteiger partial charge is 0.383 e. The van der Waals surface area contributed by atoms with Crippen molar-refractivity contribution in [3.63, 3.8) is 0 Å². The quantitative estimate of drug-likeness (QED) is 0.703. The van der Waals surface area contributed by atoms with Gasteiger partial charge in [0.05, 0.1) is 18.1 Å². The van der Waals surface area contributed by atoms with Crippen molar-refractivity contribution in [3.8, 4) is 11.1 Å². The van der Waals surface area contributed by atoms with Crippen LogP contribution in [-0.2, 0) is 13.6 Å². The zero-order valence-electron chi connectivity index (χ0n) is 13.2. The van der Waals surface area contributed by atoms with Crippen molar-refractivity contribution in [1.29, 1.82) is 0 Å². The molecule has 0 bridgehead atoms. The number of rotatable bonds is 1. The van der Waals surface area contributed by atoms with Crippen LogP contribution in [0.2, 0.25) is 0 Å². The molecule has 8 heteroatoms. The van der Waals surface area contributed by atoms with Gasteiger partial charge in [0, 0.05) is 29.9 Å². The van der Waals surface area contributed by atoms with Gasteiger partial charge in [0.25, 0.3) is 5.91 Å². The minimum atomic E-state index is -0.143. The predicted octanol–water partition coefficient (Wildman–Crippen LogP) is 1.24. The number of amides is 1. The Balaban J connectivity index is 2.21. The molecule has 0 saturated carbocycles. The highest BCUT2D eigenvalue weighted by Gasteiger charge is 2.31. The van der Waals surface area contributed by atoms with Crippen molar-refractivity contribution < 1.29 is 4.79 Å². The molecule has 0 radical (unpaired) electrons. The van der Waals surface area contributed by atoms with Crippen molar-refractivity contribution in [2.45, 2.75) is 26.4 Å². The number of nitrogens with two attached hydrogens (primary N) is 1. The van der Waals surface area contributed by atoms with Crippen LogP contribution in [-0.4, -0.2) is 30.2 Å². The fourth-order valence-corrected chi connectivity index (χ4v) is 3.36. The number of fused-ring (bicyclic) bond motifs is 5. The molecule has 4 rings (SSSR count). The van der Waals surface area contributed by atoms with E-state index >= 15 is 0 Å². The van der Waals surface area contributed by atoms with Crippen LogP contribution in [0.3, 0.4) is 0 Å². The van der Waals surface area contributed by atoms with Gasteiger partial charge in [-0.2, -0.15) is 5.10 Å². The van der Waals surface area contributed by atoms with Gasteiger partial charge in [0.2, 0.25) is 0 Å². The highest BCUT2D eigenvalue weighted by atomic mass is 16.2. The van der Waals surface area contributed by atoms with E-state index in [2.05, 4.69) is 38.8 Å². The number of hydrogen-bond acceptors (Lipinski definition) is 5. The smallest absolute Gasteiger partial charge is 0.270 e. The van der Waals surface area contributed by atoms with Gasteiger partial charge in [0.1, 0.15) is 23.5 Å². The van der Waals surface area contributed by atoms with Crippen molar-refractivity contribution in [2.24, 2.45) is 7.05 Å². The van der Waals surface area contributed by atoms with Gasteiger partial charge in [-0.3, -0.25) is 9.48 Å². The highest BCUT2D eigenvalue weighted by molar-refractivity contribution is 6.09. The summed E-state index contributed by atoms with van der Waals surface area (Å²) in [5.74, 6) is 0.268. The van der Waals surface area contributed by atoms with Crippen LogP contribution >= 0.6 is 0 Å². The zero-order chi connectivity index (χ0) is 16.3. The standard InChI is InChI=1S/C15H17N7O/c1-7(2)22-9-5-17-15(23)12-8(4-20-21(12)3)10(9)11-13(16)18-6-19-14(11)22/h4,6-7H,5H2,1-3H3,(H,17,23)(H2,16,18,19). The van der Waals surface area contributed by atoms with Gasteiger partial charge in [-0.05, 0) is 13.8 Å². The first-order chi connectivity index (χ1) is 11.0. The monoisotopic (exact) mass is 311 g/mol. The Bertz CT molecular complexity index is 951. The summed E-state index contributed by atoms with van der Waals surface area (Å²) in [6.45, 7) is 4.57. The second-order valence-electron chi connectivity index (χ2n) is 5.96. The fraction of sp³-hybridized carbons (Fsp3) is 0.333. The number of nitrogens with zero attached hydrogens (tertiary/aromatic N) is 5. The normalized spacial score (nSPS) is 13.8. The molecular formula is C15H17N7O. The highest BCUT2D eigenvalue weighted by Crippen LogP contribution is 2.40. The van der Waals surface area contributed by atoms with Gasteiger partial charge in [-0.25, -0.2) is 9.97 Å². The third-order valence-corrected chi connectivity index (χ3v) is 4.27. The molecule has 1 aliphatic rings. The molecule has 0 spiro atoms. The summed E-state index contributed by atoms with van der Waals surface area (Å²) in [5.41, 5.74) is 10.1. The van der Waals surface area contributed by atoms with E-state index in [1.165, 1.54) is 6.33 Å². The third kappa shape index (κ3) is 1.71. The van der Waals surface area contributed by atoms with E-state index in [1.54, 1.807) is 17.9 Å². The molecule has 3 N–H and O–H groups in total. The molecule has 0 aromatic carbocycles. The number of anilines is 1. The van der Waals surface area contributed by atoms with E-state index in [4.69, 9.17) is 5.73 Å². The van der Waals surface area contributed by atoms with E-state index in [9.17, 15) is 4.79 Å². The maximum Gasteiger partial charge on any atom is 0.270 e. The topological polar surface area (TPSA) is 104 Å². The van der Waals surface area contributed by atoms with Gasteiger partial charge in [-0.1, -0.05) is 0 Å². The first-order valence-electron chi connectivity index (χ1n) is 7.44. The number of aryl methyl sites for hydroxylation is 1. The van der Waals surface area contributed by atoms with E-state index < -0.39 is 0 Å². The summed E-state index contributed by atoms with van der Waals surface area (Å²) in [6.07, 6.45) is 3.17. The SMILES string of the molecule is CC(C)n1c2c(c3c(N)ncnc31)-c1cnn(C)c1C(=O)NC2. The van der Waals surface area contributed by atoms with Crippen LogP contribution in [0.15, 0.2) is 12.5 Å². The molecule has 4 heterocycles. The number of carbonyl (C=O) groups is 1. The Labute approximate surface area is 132 Å². The van der Waals surface area contributed by atoms with Crippen molar-refractivity contribution in [2.75, 3.05) is 5.73 Å². The molecule has 0 saturated heterocycles. The Morgan fingerprint density at radius 3 is 2.87 bits per heavy atom. The fourth-order valence-electron chi connectivity index (χ4n) is 3.36. The number of nitrogen functional groups attached to an aromatic ring is 1. The van der Waals surface area contributed by atoms with Gasteiger partial charge in [-0.15, -0.1) is 0 Å². The summed E-state index contributed by atoms with van der Waals surface area (Å²) in [5, 5.41) is 7.97. The Hall–Kier alpha value is -2.90. The first-order valence-corrected chi connectivity index (χ1v) is 7.44. The summed E-state index contributed by atoms with van der Waals surface area (Å²) in [7, 11) is 1.75. The molecule has 3 aromatic rings. The van der Waals surface area contributed by atoms with Crippen LogP contribution in [0.4, 0.5) is 5.82 Å². The zero-order valence-corrected chi connectivity index (χ0v) is 13.2. The van der Waals surface area contributed by atoms with Gasteiger partial charge >= 0.3 is 0 Å². The van der Waals surface area contributed by atoms with Crippen LogP contribution in [0.5, 0.6) is 0 Å². The molecule has 1 amide bonds. The minimum Gasteiger partial charge on any atom is -0.383 e. The van der Waals surface area contributed by atoms with Crippen molar-refractivity contribution in [1.82, 2.24) is 29.6 Å². The summed E-state index contributed by atoms with van der Waals surface area (Å²) in [6, 6.07) is 0.172. The molecule has 1 aliphatic heterocycles. The number of hydrogen-bond donors (Lipinski definition) is 2. The van der Waals surface area contributed by atoms with Crippen molar-refractivity contribution >= 4 is 22.8 Å². The molecule has 118 valence electrons. The molecule has 0 fully saturated rings. The van der Waals surface area contributed by atoms with Crippen LogP contribution in [0.25, 0.3) is 22.2 Å². The lowest BCUT2D eigenvalue weighted by atomic mass is 10.0. The first kappa shape index (κ1) is 13.7. The van der Waals surface area contributed by atoms with Crippen LogP contribution in [0, 0.1) is 0 Å². The number of carbonyl (C=O) groups excluding carboxylic acids is 1. The average molecular weight is 311 g/mol. The molecule has 3 aromatic heterocycles. The number of aromatic nitrogens is 5. The van der Waals surface area contributed by atoms with E-state index in [-0.39, 0.29) is 11.9 Å². The molecule has 0 aliphatic carbocycles. The number of nitrogens with one attached hydrogen (secondary N) is 1. The predicted molar refractivity (Wildman–Crippen MR) is 85.7 cm³/mol. The lowest BCUT2D eigenvalue weighted by Crippen LogP contribution is -2.25. The Morgan fingerprint density at radius 1 is 1.35 bits per heavy atom. The summed E-state index contributed by atoms with van der Waals surface area (Å²) < 4.78 is 3.68.